The standard InChI is InChI=1S/C12H24N2/c1-14-9-3-2-4-12(14)7-8-13-10-11-5-6-11/h11-13H,2-10H2,1H3. The fourth-order valence-corrected chi connectivity index (χ4v) is 2.41. The second-order valence-electron chi connectivity index (χ2n) is 5.07. The number of hydrogen-bond acceptors (Lipinski definition) is 2. The Kier molecular flexibility index (Phi) is 3.82. The fraction of sp³-hybridized carbons (Fsp3) is 1.00. The van der Waals surface area contributed by atoms with E-state index in [1.807, 2.05) is 0 Å². The molecule has 0 aromatic carbocycles. The van der Waals surface area contributed by atoms with Crippen LogP contribution in [-0.4, -0.2) is 37.6 Å². The summed E-state index contributed by atoms with van der Waals surface area (Å²) in [4.78, 5) is 2.54. The van der Waals surface area contributed by atoms with E-state index in [-0.39, 0.29) is 0 Å². The summed E-state index contributed by atoms with van der Waals surface area (Å²) in [6.07, 6.45) is 8.55. The monoisotopic (exact) mass is 196 g/mol. The summed E-state index contributed by atoms with van der Waals surface area (Å²) < 4.78 is 0. The Labute approximate surface area is 88.1 Å². The lowest BCUT2D eigenvalue weighted by Gasteiger charge is -2.32. The van der Waals surface area contributed by atoms with Gasteiger partial charge < -0.3 is 10.2 Å². The molecule has 1 heterocycles. The van der Waals surface area contributed by atoms with E-state index in [1.165, 1.54) is 58.2 Å². The van der Waals surface area contributed by atoms with E-state index in [0.29, 0.717) is 0 Å². The zero-order chi connectivity index (χ0) is 9.80. The van der Waals surface area contributed by atoms with Crippen molar-refractivity contribution in [1.82, 2.24) is 10.2 Å². The highest BCUT2D eigenvalue weighted by Gasteiger charge is 2.21. The first-order valence-electron chi connectivity index (χ1n) is 6.27. The van der Waals surface area contributed by atoms with Crippen LogP contribution >= 0.6 is 0 Å². The number of piperidine rings is 1. The van der Waals surface area contributed by atoms with E-state index in [9.17, 15) is 0 Å². The second-order valence-corrected chi connectivity index (χ2v) is 5.07. The molecule has 82 valence electrons. The molecule has 1 aliphatic heterocycles. The largest absolute Gasteiger partial charge is 0.316 e. The highest BCUT2D eigenvalue weighted by atomic mass is 15.1. The van der Waals surface area contributed by atoms with Crippen LogP contribution in [0.2, 0.25) is 0 Å². The minimum atomic E-state index is 0.857. The molecule has 14 heavy (non-hydrogen) atoms. The lowest BCUT2D eigenvalue weighted by molar-refractivity contribution is 0.175. The van der Waals surface area contributed by atoms with Crippen molar-refractivity contribution in [2.45, 2.75) is 44.6 Å². The molecule has 2 aliphatic rings. The van der Waals surface area contributed by atoms with Gasteiger partial charge in [0.1, 0.15) is 0 Å². The first-order valence-corrected chi connectivity index (χ1v) is 6.27. The first-order chi connectivity index (χ1) is 6.86. The number of nitrogens with one attached hydrogen (secondary N) is 1. The summed E-state index contributed by atoms with van der Waals surface area (Å²) in [6.45, 7) is 3.81. The van der Waals surface area contributed by atoms with E-state index in [2.05, 4.69) is 17.3 Å². The molecule has 1 saturated heterocycles. The molecule has 1 N–H and O–H groups in total. The topological polar surface area (TPSA) is 15.3 Å². The average Bonchev–Trinajstić information content (AvgIpc) is 2.99. The molecule has 1 atom stereocenters. The van der Waals surface area contributed by atoms with Gasteiger partial charge in [-0.15, -0.1) is 0 Å². The maximum atomic E-state index is 3.59. The van der Waals surface area contributed by atoms with E-state index in [1.54, 1.807) is 0 Å². The Balaban J connectivity index is 1.53. The molecule has 2 nitrogen and oxygen atoms in total. The van der Waals surface area contributed by atoms with Gasteiger partial charge in [-0.05, 0) is 64.7 Å². The molecular weight excluding hydrogens is 172 g/mol. The Morgan fingerprint density at radius 1 is 1.21 bits per heavy atom. The van der Waals surface area contributed by atoms with Crippen molar-refractivity contribution in [3.05, 3.63) is 0 Å². The van der Waals surface area contributed by atoms with Crippen molar-refractivity contribution in [3.8, 4) is 0 Å². The second kappa shape index (κ2) is 5.13. The SMILES string of the molecule is CN1CCCCC1CCNCC1CC1. The molecule has 0 spiro atoms. The summed E-state index contributed by atoms with van der Waals surface area (Å²) in [7, 11) is 2.28. The zero-order valence-electron chi connectivity index (χ0n) is 9.47. The fourth-order valence-electron chi connectivity index (χ4n) is 2.41. The highest BCUT2D eigenvalue weighted by molar-refractivity contribution is 4.77. The first kappa shape index (κ1) is 10.4. The Bertz CT molecular complexity index is 166. The van der Waals surface area contributed by atoms with Crippen molar-refractivity contribution in [3.63, 3.8) is 0 Å². The Hall–Kier alpha value is -0.0800. The Morgan fingerprint density at radius 2 is 2.07 bits per heavy atom. The zero-order valence-corrected chi connectivity index (χ0v) is 9.47. The van der Waals surface area contributed by atoms with Crippen molar-refractivity contribution < 1.29 is 0 Å². The summed E-state index contributed by atoms with van der Waals surface area (Å²) in [5.74, 6) is 1.03. The quantitative estimate of drug-likeness (QED) is 0.675. The number of hydrogen-bond donors (Lipinski definition) is 1. The summed E-state index contributed by atoms with van der Waals surface area (Å²) >= 11 is 0. The molecule has 0 amide bonds. The Morgan fingerprint density at radius 3 is 2.79 bits per heavy atom. The third kappa shape index (κ3) is 3.25. The normalized spacial score (nSPS) is 29.4. The average molecular weight is 196 g/mol. The molecule has 0 bridgehead atoms. The van der Waals surface area contributed by atoms with Gasteiger partial charge in [0, 0.05) is 6.04 Å². The van der Waals surface area contributed by atoms with E-state index < -0.39 is 0 Å². The molecular formula is C12H24N2. The van der Waals surface area contributed by atoms with Crippen molar-refractivity contribution in [2.24, 2.45) is 5.92 Å². The van der Waals surface area contributed by atoms with Gasteiger partial charge in [-0.1, -0.05) is 6.42 Å². The molecule has 1 unspecified atom stereocenters. The van der Waals surface area contributed by atoms with Gasteiger partial charge in [-0.3, -0.25) is 0 Å². The van der Waals surface area contributed by atoms with Crippen LogP contribution in [0.3, 0.4) is 0 Å². The van der Waals surface area contributed by atoms with Gasteiger partial charge in [0.25, 0.3) is 0 Å². The van der Waals surface area contributed by atoms with Crippen LogP contribution in [0.1, 0.15) is 38.5 Å². The lowest BCUT2D eigenvalue weighted by atomic mass is 10.0. The summed E-state index contributed by atoms with van der Waals surface area (Å²) in [5, 5.41) is 3.59. The van der Waals surface area contributed by atoms with Gasteiger partial charge in [0.05, 0.1) is 0 Å². The lowest BCUT2D eigenvalue weighted by Crippen LogP contribution is -2.38. The van der Waals surface area contributed by atoms with E-state index >= 15 is 0 Å². The maximum absolute atomic E-state index is 3.59. The highest BCUT2D eigenvalue weighted by Crippen LogP contribution is 2.27. The van der Waals surface area contributed by atoms with E-state index in [4.69, 9.17) is 0 Å². The van der Waals surface area contributed by atoms with Crippen LogP contribution in [-0.2, 0) is 0 Å². The molecule has 2 rings (SSSR count). The molecule has 1 saturated carbocycles. The van der Waals surface area contributed by atoms with Gasteiger partial charge in [0.15, 0.2) is 0 Å². The van der Waals surface area contributed by atoms with Gasteiger partial charge in [-0.2, -0.15) is 0 Å². The number of rotatable bonds is 5. The minimum absolute atomic E-state index is 0.857. The van der Waals surface area contributed by atoms with E-state index in [0.717, 1.165) is 12.0 Å². The molecule has 0 radical (unpaired) electrons. The smallest absolute Gasteiger partial charge is 0.0104 e. The molecule has 0 aromatic heterocycles. The molecule has 0 aromatic rings. The van der Waals surface area contributed by atoms with Crippen LogP contribution in [0.5, 0.6) is 0 Å². The third-order valence-electron chi connectivity index (χ3n) is 3.71. The van der Waals surface area contributed by atoms with Gasteiger partial charge in [0.2, 0.25) is 0 Å². The molecule has 1 aliphatic carbocycles. The number of likely N-dealkylation sites (tertiary alicyclic amines) is 1. The van der Waals surface area contributed by atoms with Crippen LogP contribution in [0.15, 0.2) is 0 Å². The molecule has 2 fully saturated rings. The van der Waals surface area contributed by atoms with Crippen LogP contribution in [0.25, 0.3) is 0 Å². The van der Waals surface area contributed by atoms with Crippen molar-refractivity contribution >= 4 is 0 Å². The minimum Gasteiger partial charge on any atom is -0.316 e. The third-order valence-corrected chi connectivity index (χ3v) is 3.71. The predicted octanol–water partition coefficient (Wildman–Crippen LogP) is 1.86. The molecule has 2 heteroatoms. The maximum Gasteiger partial charge on any atom is 0.0104 e. The van der Waals surface area contributed by atoms with Gasteiger partial charge in [-0.25, -0.2) is 0 Å². The van der Waals surface area contributed by atoms with Crippen molar-refractivity contribution in [1.29, 1.82) is 0 Å². The number of nitrogens with zero attached hydrogens (tertiary/aromatic N) is 1. The summed E-state index contributed by atoms with van der Waals surface area (Å²) in [6, 6.07) is 0.857. The van der Waals surface area contributed by atoms with Crippen molar-refractivity contribution in [2.75, 3.05) is 26.7 Å². The summed E-state index contributed by atoms with van der Waals surface area (Å²) in [5.41, 5.74) is 0. The van der Waals surface area contributed by atoms with Gasteiger partial charge >= 0.3 is 0 Å². The van der Waals surface area contributed by atoms with Crippen LogP contribution < -0.4 is 5.32 Å². The predicted molar refractivity (Wildman–Crippen MR) is 60.5 cm³/mol. The van der Waals surface area contributed by atoms with Crippen LogP contribution in [0, 0.1) is 5.92 Å². The van der Waals surface area contributed by atoms with Crippen LogP contribution in [0.4, 0.5) is 0 Å².